The van der Waals surface area contributed by atoms with Crippen LogP contribution in [0.1, 0.15) is 11.1 Å². The van der Waals surface area contributed by atoms with Crippen LogP contribution in [0, 0.1) is 22.7 Å². The average Bonchev–Trinajstić information content (AvgIpc) is 4.01. The number of nitrogens with zero attached hydrogens (tertiary/aromatic N) is 3. The molecule has 0 atom stereocenters. The molecule has 3 heterocycles. The maximum absolute atomic E-state index is 11.7. The molecule has 0 bridgehead atoms. The van der Waals surface area contributed by atoms with Gasteiger partial charge < -0.3 is 4.57 Å². The van der Waals surface area contributed by atoms with Gasteiger partial charge in [-0.15, -0.1) is 22.7 Å². The van der Waals surface area contributed by atoms with Gasteiger partial charge in [0.25, 0.3) is 0 Å². The molecule has 0 saturated heterocycles. The van der Waals surface area contributed by atoms with Gasteiger partial charge in [-0.3, -0.25) is 0 Å². The van der Waals surface area contributed by atoms with Crippen LogP contribution >= 0.6 is 22.7 Å². The van der Waals surface area contributed by atoms with Crippen LogP contribution in [0.5, 0.6) is 0 Å². The van der Waals surface area contributed by atoms with E-state index in [0.717, 1.165) is 75.7 Å². The van der Waals surface area contributed by atoms with Crippen LogP contribution in [0.2, 0.25) is 0 Å². The van der Waals surface area contributed by atoms with Crippen LogP contribution in [-0.2, 0) is 0 Å². The monoisotopic (exact) mass is 809 g/mol. The number of benzene rings is 9. The summed E-state index contributed by atoms with van der Waals surface area (Å²) in [5.74, 6) is 0. The zero-order chi connectivity index (χ0) is 40.6. The molecule has 0 spiro atoms. The smallest absolute Gasteiger partial charge is 0.103 e. The third-order valence-corrected chi connectivity index (χ3v) is 14.5. The molecular weight excluding hydrogens is 779 g/mol. The lowest BCUT2D eigenvalue weighted by atomic mass is 9.81. The van der Waals surface area contributed by atoms with Crippen molar-refractivity contribution in [3.8, 4) is 62.3 Å². The summed E-state index contributed by atoms with van der Waals surface area (Å²) >= 11 is 3.57. The molecule has 0 unspecified atom stereocenters. The molecule has 3 aromatic heterocycles. The second-order valence-electron chi connectivity index (χ2n) is 15.3. The van der Waals surface area contributed by atoms with Gasteiger partial charge in [0, 0.05) is 58.4 Å². The largest absolute Gasteiger partial charge is 0.304 e. The van der Waals surface area contributed by atoms with Crippen molar-refractivity contribution in [3.63, 3.8) is 0 Å². The molecule has 0 radical (unpaired) electrons. The highest BCUT2D eigenvalue weighted by Crippen LogP contribution is 2.53. The summed E-state index contributed by atoms with van der Waals surface area (Å²) in [4.78, 5) is 0. The topological polar surface area (TPSA) is 52.5 Å². The van der Waals surface area contributed by atoms with Crippen molar-refractivity contribution in [1.29, 1.82) is 10.5 Å². The Morgan fingerprint density at radius 3 is 1.23 bits per heavy atom. The first-order valence-corrected chi connectivity index (χ1v) is 21.8. The second-order valence-corrected chi connectivity index (χ2v) is 17.4. The van der Waals surface area contributed by atoms with Crippen molar-refractivity contribution in [2.75, 3.05) is 0 Å². The molecule has 12 aromatic rings. The fraction of sp³-hybridized carbons (Fsp3) is 0. The van der Waals surface area contributed by atoms with E-state index in [-0.39, 0.29) is 0 Å². The zero-order valence-electron chi connectivity index (χ0n) is 32.6. The molecule has 0 amide bonds. The van der Waals surface area contributed by atoms with Gasteiger partial charge in [-0.1, -0.05) is 176 Å². The van der Waals surface area contributed by atoms with Crippen molar-refractivity contribution in [1.82, 2.24) is 4.57 Å². The number of rotatable bonds is 5. The highest BCUT2D eigenvalue weighted by atomic mass is 32.1. The van der Waals surface area contributed by atoms with E-state index in [1.807, 2.05) is 30.3 Å². The normalized spacial score (nSPS) is 11.6. The van der Waals surface area contributed by atoms with E-state index in [9.17, 15) is 10.5 Å². The van der Waals surface area contributed by atoms with E-state index < -0.39 is 0 Å². The first-order valence-electron chi connectivity index (χ1n) is 20.2. The highest BCUT2D eigenvalue weighted by molar-refractivity contribution is 7.27. The van der Waals surface area contributed by atoms with Crippen molar-refractivity contribution >= 4 is 84.8 Å². The third-order valence-electron chi connectivity index (χ3n) is 12.1. The summed E-state index contributed by atoms with van der Waals surface area (Å²) in [6.07, 6.45) is 0. The molecule has 61 heavy (non-hydrogen) atoms. The zero-order valence-corrected chi connectivity index (χ0v) is 34.2. The summed E-state index contributed by atoms with van der Waals surface area (Å²) in [6, 6.07) is 71.1. The summed E-state index contributed by atoms with van der Waals surface area (Å²) in [5, 5.41) is 30.2. The molecule has 0 aliphatic carbocycles. The molecule has 0 fully saturated rings. The molecule has 282 valence electrons. The number of thiophene rings is 2. The van der Waals surface area contributed by atoms with E-state index in [1.54, 1.807) is 22.7 Å². The fourth-order valence-corrected chi connectivity index (χ4v) is 12.0. The summed E-state index contributed by atoms with van der Waals surface area (Å²) in [6.45, 7) is 0. The molecule has 12 rings (SSSR count). The Morgan fingerprint density at radius 2 is 0.721 bits per heavy atom. The lowest BCUT2D eigenvalue weighted by molar-refractivity contribution is 1.18. The van der Waals surface area contributed by atoms with Gasteiger partial charge in [-0.25, -0.2) is 0 Å². The second kappa shape index (κ2) is 13.9. The van der Waals surface area contributed by atoms with Crippen molar-refractivity contribution in [2.45, 2.75) is 0 Å². The molecule has 9 aromatic carbocycles. The minimum absolute atomic E-state index is 0.346. The van der Waals surface area contributed by atoms with Gasteiger partial charge in [0.05, 0.1) is 37.2 Å². The van der Waals surface area contributed by atoms with E-state index in [4.69, 9.17) is 0 Å². The predicted molar refractivity (Wildman–Crippen MR) is 258 cm³/mol. The van der Waals surface area contributed by atoms with Crippen LogP contribution in [0.3, 0.4) is 0 Å². The lowest BCUT2D eigenvalue weighted by Crippen LogP contribution is -2.08. The van der Waals surface area contributed by atoms with Gasteiger partial charge in [0.15, 0.2) is 0 Å². The Kier molecular flexibility index (Phi) is 8.02. The summed E-state index contributed by atoms with van der Waals surface area (Å²) in [7, 11) is 0. The maximum atomic E-state index is 11.7. The standard InChI is InChI=1S/C56H31N3S2/c57-32-45-46(33-58)52(51(37-18-8-3-9-19-37)50(36-16-6-2-7-17-36)49(45)38-26-24-35(25-27-38)34-14-4-1-5-15-34)59-53-41(28-30-43-39-20-10-12-22-47(39)60-55(43)53)42-29-31-44-40-21-11-13-23-48(40)61-56(44)54(42)59/h1-31H. The first kappa shape index (κ1) is 35.2. The minimum atomic E-state index is 0.346. The number of aromatic nitrogens is 1. The van der Waals surface area contributed by atoms with Crippen LogP contribution in [0.4, 0.5) is 0 Å². The molecule has 0 aliphatic rings. The van der Waals surface area contributed by atoms with Crippen LogP contribution < -0.4 is 0 Å². The number of fused-ring (bicyclic) bond motifs is 11. The van der Waals surface area contributed by atoms with Crippen LogP contribution in [0.25, 0.3) is 112 Å². The van der Waals surface area contributed by atoms with Crippen molar-refractivity contribution in [2.24, 2.45) is 0 Å². The minimum Gasteiger partial charge on any atom is -0.304 e. The Balaban J connectivity index is 1.33. The lowest BCUT2D eigenvalue weighted by Gasteiger charge is -2.25. The van der Waals surface area contributed by atoms with Gasteiger partial charge in [-0.2, -0.15) is 10.5 Å². The first-order chi connectivity index (χ1) is 30.2. The van der Waals surface area contributed by atoms with Gasteiger partial charge in [0.1, 0.15) is 12.1 Å². The van der Waals surface area contributed by atoms with Gasteiger partial charge >= 0.3 is 0 Å². The fourth-order valence-electron chi connectivity index (χ4n) is 9.47. The molecule has 5 heteroatoms. The molecule has 0 saturated carbocycles. The quantitative estimate of drug-likeness (QED) is 0.174. The average molecular weight is 810 g/mol. The van der Waals surface area contributed by atoms with Crippen LogP contribution in [0.15, 0.2) is 188 Å². The number of hydrogen-bond donors (Lipinski definition) is 0. The van der Waals surface area contributed by atoms with E-state index in [1.165, 1.54) is 30.9 Å². The van der Waals surface area contributed by atoms with Crippen molar-refractivity contribution in [3.05, 3.63) is 199 Å². The predicted octanol–water partition coefficient (Wildman–Crippen LogP) is 15.9. The van der Waals surface area contributed by atoms with E-state index >= 15 is 0 Å². The van der Waals surface area contributed by atoms with E-state index in [0.29, 0.717) is 16.8 Å². The molecular formula is C56H31N3S2. The van der Waals surface area contributed by atoms with E-state index in [2.05, 4.69) is 174 Å². The highest BCUT2D eigenvalue weighted by Gasteiger charge is 2.31. The SMILES string of the molecule is N#Cc1c(C#N)c(-n2c3c(ccc4c5ccccc5sc43)c3ccc4c5ccccc5sc4c32)c(-c2ccccc2)c(-c2ccccc2)c1-c1ccc(-c2ccccc2)cc1. The number of hydrogen-bond acceptors (Lipinski definition) is 4. The Morgan fingerprint density at radius 1 is 0.328 bits per heavy atom. The molecule has 0 aliphatic heterocycles. The van der Waals surface area contributed by atoms with Gasteiger partial charge in [0.2, 0.25) is 0 Å². The number of nitriles is 2. The summed E-state index contributed by atoms with van der Waals surface area (Å²) in [5.41, 5.74) is 11.0. The maximum Gasteiger partial charge on any atom is 0.103 e. The Bertz CT molecular complexity index is 3680. The summed E-state index contributed by atoms with van der Waals surface area (Å²) < 4.78 is 7.07. The van der Waals surface area contributed by atoms with Gasteiger partial charge in [-0.05, 0) is 39.9 Å². The molecule has 3 nitrogen and oxygen atoms in total. The van der Waals surface area contributed by atoms with Crippen molar-refractivity contribution < 1.29 is 0 Å². The Labute approximate surface area is 359 Å². The van der Waals surface area contributed by atoms with Crippen LogP contribution in [-0.4, -0.2) is 4.57 Å². The Hall–Kier alpha value is -7.80. The third kappa shape index (κ3) is 5.26. The molecule has 0 N–H and O–H groups in total.